The number of hydrogen-bond donors (Lipinski definition) is 0. The van der Waals surface area contributed by atoms with Gasteiger partial charge in [0.1, 0.15) is 12.7 Å². The Morgan fingerprint density at radius 1 is 1.23 bits per heavy atom. The highest BCUT2D eigenvalue weighted by Gasteiger charge is 2.11. The second kappa shape index (κ2) is 3.92. The zero-order chi connectivity index (χ0) is 9.10. The monoisotopic (exact) mass is 196 g/mol. The van der Waals surface area contributed by atoms with Gasteiger partial charge in [-0.15, -0.1) is 0 Å². The summed E-state index contributed by atoms with van der Waals surface area (Å²) in [5.74, 6) is 0. The Hall–Kier alpha value is -0.830. The lowest BCUT2D eigenvalue weighted by atomic mass is 10.1. The first-order valence-corrected chi connectivity index (χ1v) is 4.44. The molecule has 0 aromatic heterocycles. The van der Waals surface area contributed by atoms with Crippen LogP contribution in [0, 0.1) is 0 Å². The van der Waals surface area contributed by atoms with Crippen molar-refractivity contribution in [2.75, 3.05) is 6.61 Å². The maximum absolute atomic E-state index is 5.76. The van der Waals surface area contributed by atoms with Crippen molar-refractivity contribution in [3.63, 3.8) is 0 Å². The Labute approximate surface area is 81.7 Å². The number of benzene rings is 1. The van der Waals surface area contributed by atoms with E-state index in [-0.39, 0.29) is 6.10 Å². The highest BCUT2D eigenvalue weighted by Crippen LogP contribution is 2.23. The molecule has 0 saturated heterocycles. The van der Waals surface area contributed by atoms with Crippen molar-refractivity contribution in [2.45, 2.75) is 6.10 Å². The molecule has 0 N–H and O–H groups in total. The van der Waals surface area contributed by atoms with Crippen molar-refractivity contribution in [1.82, 2.24) is 0 Å². The zero-order valence-electron chi connectivity index (χ0n) is 6.94. The Morgan fingerprint density at radius 3 is 2.62 bits per heavy atom. The number of hydrogen-bond acceptors (Lipinski definition) is 2. The van der Waals surface area contributed by atoms with E-state index in [1.807, 2.05) is 36.4 Å². The van der Waals surface area contributed by atoms with Crippen molar-refractivity contribution in [3.8, 4) is 0 Å². The number of halogens is 1. The molecule has 0 amide bonds. The third-order valence-electron chi connectivity index (χ3n) is 1.85. The first-order valence-electron chi connectivity index (χ1n) is 4.06. The molecule has 0 saturated carbocycles. The van der Waals surface area contributed by atoms with Crippen molar-refractivity contribution < 1.29 is 9.78 Å². The minimum Gasteiger partial charge on any atom is -0.232 e. The molecule has 3 heteroatoms. The maximum Gasteiger partial charge on any atom is 0.136 e. The standard InChI is InChI=1S/C10H9ClO2/c11-9-5-3-8(4-6-9)10-2-1-7-12-13-10/h1-6,10H,7H2/t10-/m0/s1. The SMILES string of the molecule is Clc1ccc([C@@H]2C=CCOO2)cc1. The summed E-state index contributed by atoms with van der Waals surface area (Å²) in [6.07, 6.45) is 3.79. The molecule has 13 heavy (non-hydrogen) atoms. The quantitative estimate of drug-likeness (QED) is 0.508. The molecule has 2 nitrogen and oxygen atoms in total. The first-order chi connectivity index (χ1) is 6.36. The van der Waals surface area contributed by atoms with Gasteiger partial charge < -0.3 is 0 Å². The van der Waals surface area contributed by atoms with E-state index in [9.17, 15) is 0 Å². The van der Waals surface area contributed by atoms with Crippen LogP contribution in [-0.4, -0.2) is 6.61 Å². The molecule has 2 rings (SSSR count). The van der Waals surface area contributed by atoms with Crippen molar-refractivity contribution in [1.29, 1.82) is 0 Å². The third-order valence-corrected chi connectivity index (χ3v) is 2.10. The summed E-state index contributed by atoms with van der Waals surface area (Å²) in [7, 11) is 0. The van der Waals surface area contributed by atoms with Crippen LogP contribution in [0.3, 0.4) is 0 Å². The van der Waals surface area contributed by atoms with Crippen LogP contribution in [0.1, 0.15) is 11.7 Å². The summed E-state index contributed by atoms with van der Waals surface area (Å²) in [4.78, 5) is 9.92. The van der Waals surface area contributed by atoms with Crippen molar-refractivity contribution in [3.05, 3.63) is 47.0 Å². The summed E-state index contributed by atoms with van der Waals surface area (Å²) in [5.41, 5.74) is 1.04. The van der Waals surface area contributed by atoms with Gasteiger partial charge >= 0.3 is 0 Å². The van der Waals surface area contributed by atoms with E-state index < -0.39 is 0 Å². The van der Waals surface area contributed by atoms with Crippen LogP contribution in [0.25, 0.3) is 0 Å². The second-order valence-electron chi connectivity index (χ2n) is 2.78. The van der Waals surface area contributed by atoms with Gasteiger partial charge in [0.15, 0.2) is 0 Å². The van der Waals surface area contributed by atoms with E-state index in [1.54, 1.807) is 0 Å². The molecular weight excluding hydrogens is 188 g/mol. The van der Waals surface area contributed by atoms with E-state index in [2.05, 4.69) is 0 Å². The van der Waals surface area contributed by atoms with Gasteiger partial charge in [0, 0.05) is 5.02 Å². The smallest absolute Gasteiger partial charge is 0.136 e. The Balaban J connectivity index is 2.19. The normalized spacial score (nSPS) is 21.8. The Morgan fingerprint density at radius 2 is 2.00 bits per heavy atom. The first kappa shape index (κ1) is 8.75. The lowest BCUT2D eigenvalue weighted by molar-refractivity contribution is -0.315. The van der Waals surface area contributed by atoms with E-state index in [1.165, 1.54) is 0 Å². The average molecular weight is 197 g/mol. The van der Waals surface area contributed by atoms with Gasteiger partial charge in [0.2, 0.25) is 0 Å². The highest BCUT2D eigenvalue weighted by atomic mass is 35.5. The molecule has 68 valence electrons. The van der Waals surface area contributed by atoms with Gasteiger partial charge in [-0.05, 0) is 23.8 Å². The van der Waals surface area contributed by atoms with Crippen LogP contribution in [0.5, 0.6) is 0 Å². The van der Waals surface area contributed by atoms with Crippen LogP contribution in [0.15, 0.2) is 36.4 Å². The van der Waals surface area contributed by atoms with Crippen LogP contribution >= 0.6 is 11.6 Å². The predicted molar refractivity (Wildman–Crippen MR) is 50.4 cm³/mol. The van der Waals surface area contributed by atoms with Crippen LogP contribution in [-0.2, 0) is 9.78 Å². The molecular formula is C10H9ClO2. The molecule has 0 aliphatic carbocycles. The maximum atomic E-state index is 5.76. The summed E-state index contributed by atoms with van der Waals surface area (Å²) >= 11 is 5.76. The van der Waals surface area contributed by atoms with Gasteiger partial charge in [-0.25, -0.2) is 9.78 Å². The molecule has 0 bridgehead atoms. The fourth-order valence-electron chi connectivity index (χ4n) is 1.18. The van der Waals surface area contributed by atoms with Crippen molar-refractivity contribution >= 4 is 11.6 Å². The average Bonchev–Trinajstić information content (AvgIpc) is 2.20. The largest absolute Gasteiger partial charge is 0.232 e. The molecule has 0 radical (unpaired) electrons. The minimum absolute atomic E-state index is 0.106. The van der Waals surface area contributed by atoms with Crippen LogP contribution in [0.2, 0.25) is 5.02 Å². The molecule has 1 aromatic rings. The molecule has 0 spiro atoms. The van der Waals surface area contributed by atoms with Gasteiger partial charge in [-0.1, -0.05) is 29.8 Å². The zero-order valence-corrected chi connectivity index (χ0v) is 7.70. The topological polar surface area (TPSA) is 18.5 Å². The molecule has 1 aliphatic heterocycles. The lowest BCUT2D eigenvalue weighted by Gasteiger charge is -2.16. The Kier molecular flexibility index (Phi) is 2.64. The Bertz CT molecular complexity index is 305. The fourth-order valence-corrected chi connectivity index (χ4v) is 1.31. The van der Waals surface area contributed by atoms with Gasteiger partial charge in [-0.3, -0.25) is 0 Å². The van der Waals surface area contributed by atoms with Gasteiger partial charge in [-0.2, -0.15) is 0 Å². The van der Waals surface area contributed by atoms with E-state index in [0.29, 0.717) is 6.61 Å². The molecule has 0 unspecified atom stereocenters. The predicted octanol–water partition coefficient (Wildman–Crippen LogP) is 2.90. The van der Waals surface area contributed by atoms with Crippen LogP contribution in [0.4, 0.5) is 0 Å². The van der Waals surface area contributed by atoms with Gasteiger partial charge in [0.25, 0.3) is 0 Å². The molecule has 0 fully saturated rings. The van der Waals surface area contributed by atoms with E-state index in [0.717, 1.165) is 10.6 Å². The lowest BCUT2D eigenvalue weighted by Crippen LogP contribution is -2.07. The van der Waals surface area contributed by atoms with Crippen molar-refractivity contribution in [2.24, 2.45) is 0 Å². The van der Waals surface area contributed by atoms with E-state index in [4.69, 9.17) is 21.4 Å². The second-order valence-corrected chi connectivity index (χ2v) is 3.22. The third kappa shape index (κ3) is 2.10. The number of rotatable bonds is 1. The molecule has 1 heterocycles. The summed E-state index contributed by atoms with van der Waals surface area (Å²) < 4.78 is 0. The molecule has 1 aliphatic rings. The van der Waals surface area contributed by atoms with E-state index >= 15 is 0 Å². The highest BCUT2D eigenvalue weighted by molar-refractivity contribution is 6.30. The summed E-state index contributed by atoms with van der Waals surface area (Å²) in [6.45, 7) is 0.518. The molecule has 1 aromatic carbocycles. The fraction of sp³-hybridized carbons (Fsp3) is 0.200. The molecule has 1 atom stereocenters. The van der Waals surface area contributed by atoms with Gasteiger partial charge in [0.05, 0.1) is 0 Å². The van der Waals surface area contributed by atoms with Crippen LogP contribution < -0.4 is 0 Å². The minimum atomic E-state index is -0.106. The summed E-state index contributed by atoms with van der Waals surface area (Å²) in [5, 5.41) is 0.726. The summed E-state index contributed by atoms with van der Waals surface area (Å²) in [6, 6.07) is 7.52.